The summed E-state index contributed by atoms with van der Waals surface area (Å²) in [5, 5.41) is 21.1. The average Bonchev–Trinajstić information content (AvgIpc) is 2.97. The lowest BCUT2D eigenvalue weighted by molar-refractivity contribution is -0.121. The molecular weight excluding hydrogens is 440 g/mol. The number of nitrogens with zero attached hydrogens (tertiary/aromatic N) is 3. The molecule has 1 aliphatic heterocycles. The molecule has 0 spiro atoms. The smallest absolute Gasteiger partial charge is 0.247 e. The van der Waals surface area contributed by atoms with Crippen LogP contribution in [0.15, 0.2) is 69.7 Å². The normalized spacial score (nSPS) is 15.7. The van der Waals surface area contributed by atoms with Crippen molar-refractivity contribution in [3.8, 4) is 12.1 Å². The summed E-state index contributed by atoms with van der Waals surface area (Å²) in [5.74, 6) is -0.695. The third-order valence-electron chi connectivity index (χ3n) is 3.93. The van der Waals surface area contributed by atoms with E-state index < -0.39 is 5.25 Å². The molecule has 0 saturated carbocycles. The van der Waals surface area contributed by atoms with Gasteiger partial charge in [-0.1, -0.05) is 45.9 Å². The summed E-state index contributed by atoms with van der Waals surface area (Å²) in [5.41, 5.74) is 1.02. The summed E-state index contributed by atoms with van der Waals surface area (Å²) >= 11 is 4.34. The SMILES string of the molecule is N#CC(C#N)=C(Nc1ccccc1)SC1CC(=O)N(c2ccc(Br)cc2)C1=O. The fraction of sp³-hybridized carbons (Fsp3) is 0.100. The van der Waals surface area contributed by atoms with Gasteiger partial charge in [0.05, 0.1) is 10.9 Å². The van der Waals surface area contributed by atoms with Gasteiger partial charge in [0.1, 0.15) is 17.2 Å². The molecule has 0 bridgehead atoms. The maximum Gasteiger partial charge on any atom is 0.247 e. The second-order valence-electron chi connectivity index (χ2n) is 5.77. The van der Waals surface area contributed by atoms with Crippen LogP contribution in [0.2, 0.25) is 0 Å². The lowest BCUT2D eigenvalue weighted by Crippen LogP contribution is -2.31. The largest absolute Gasteiger partial charge is 0.349 e. The molecule has 1 N–H and O–H groups in total. The number of rotatable bonds is 5. The van der Waals surface area contributed by atoms with Gasteiger partial charge in [-0.05, 0) is 36.4 Å². The maximum absolute atomic E-state index is 12.8. The van der Waals surface area contributed by atoms with Crippen LogP contribution in [0.4, 0.5) is 11.4 Å². The van der Waals surface area contributed by atoms with Crippen molar-refractivity contribution in [3.63, 3.8) is 0 Å². The number of benzene rings is 2. The quantitative estimate of drug-likeness (QED) is 0.539. The molecule has 1 saturated heterocycles. The molecule has 1 aliphatic rings. The molecule has 3 rings (SSSR count). The molecule has 1 unspecified atom stereocenters. The van der Waals surface area contributed by atoms with Crippen LogP contribution >= 0.6 is 27.7 Å². The first-order valence-corrected chi connectivity index (χ1v) is 9.86. The molecular formula is C20H13BrN4O2S. The fourth-order valence-corrected chi connectivity index (χ4v) is 4.00. The standard InChI is InChI=1S/C20H13BrN4O2S/c21-14-6-8-16(9-7-14)25-18(26)10-17(20(25)27)28-19(13(11-22)12-23)24-15-4-2-1-3-5-15/h1-9,17,24H,10H2. The van der Waals surface area contributed by atoms with E-state index in [1.54, 1.807) is 36.4 Å². The van der Waals surface area contributed by atoms with Crippen molar-refractivity contribution >= 4 is 50.9 Å². The van der Waals surface area contributed by atoms with Crippen LogP contribution in [0.5, 0.6) is 0 Å². The van der Waals surface area contributed by atoms with Gasteiger partial charge in [-0.2, -0.15) is 10.5 Å². The van der Waals surface area contributed by atoms with Crippen molar-refractivity contribution in [2.75, 3.05) is 10.2 Å². The van der Waals surface area contributed by atoms with E-state index >= 15 is 0 Å². The molecule has 2 amide bonds. The first kappa shape index (κ1) is 19.7. The number of nitrogens with one attached hydrogen (secondary N) is 1. The Morgan fingerprint density at radius 1 is 1.07 bits per heavy atom. The number of hydrogen-bond acceptors (Lipinski definition) is 6. The van der Waals surface area contributed by atoms with E-state index in [0.717, 1.165) is 21.1 Å². The minimum atomic E-state index is -0.723. The number of amides is 2. The van der Waals surface area contributed by atoms with Crippen molar-refractivity contribution in [1.29, 1.82) is 10.5 Å². The molecule has 0 aliphatic carbocycles. The number of nitriles is 2. The highest BCUT2D eigenvalue weighted by atomic mass is 79.9. The molecule has 2 aromatic rings. The number of allylic oxidation sites excluding steroid dienone is 1. The minimum absolute atomic E-state index is 0.0102. The fourth-order valence-electron chi connectivity index (χ4n) is 2.63. The zero-order chi connectivity index (χ0) is 20.1. The van der Waals surface area contributed by atoms with Gasteiger partial charge in [0.25, 0.3) is 0 Å². The van der Waals surface area contributed by atoms with Crippen LogP contribution < -0.4 is 10.2 Å². The Kier molecular flexibility index (Phi) is 6.15. The predicted molar refractivity (Wildman–Crippen MR) is 111 cm³/mol. The van der Waals surface area contributed by atoms with Crippen molar-refractivity contribution in [3.05, 3.63) is 69.7 Å². The lowest BCUT2D eigenvalue weighted by Gasteiger charge is -2.16. The van der Waals surface area contributed by atoms with Crippen molar-refractivity contribution in [2.45, 2.75) is 11.7 Å². The van der Waals surface area contributed by atoms with Gasteiger partial charge in [-0.15, -0.1) is 0 Å². The molecule has 2 aromatic carbocycles. The van der Waals surface area contributed by atoms with Crippen molar-refractivity contribution in [2.24, 2.45) is 0 Å². The highest BCUT2D eigenvalue weighted by Crippen LogP contribution is 2.35. The van der Waals surface area contributed by atoms with Crippen LogP contribution in [0.3, 0.4) is 0 Å². The van der Waals surface area contributed by atoms with Crippen LogP contribution in [0.25, 0.3) is 0 Å². The third-order valence-corrected chi connectivity index (χ3v) is 5.66. The number of anilines is 2. The number of carbonyl (C=O) groups excluding carboxylic acids is 2. The molecule has 0 aromatic heterocycles. The topological polar surface area (TPSA) is 97.0 Å². The number of thioether (sulfide) groups is 1. The molecule has 8 heteroatoms. The van der Waals surface area contributed by atoms with Gasteiger partial charge in [0.15, 0.2) is 5.57 Å². The molecule has 1 heterocycles. The Bertz CT molecular complexity index is 1010. The number of imide groups is 1. The second-order valence-corrected chi connectivity index (χ2v) is 7.90. The Morgan fingerprint density at radius 3 is 2.32 bits per heavy atom. The first-order valence-electron chi connectivity index (χ1n) is 8.19. The van der Waals surface area contributed by atoms with Gasteiger partial charge >= 0.3 is 0 Å². The third kappa shape index (κ3) is 4.25. The summed E-state index contributed by atoms with van der Waals surface area (Å²) in [6.45, 7) is 0. The van der Waals surface area contributed by atoms with Crippen LogP contribution in [-0.2, 0) is 9.59 Å². The highest BCUT2D eigenvalue weighted by molar-refractivity contribution is 9.10. The molecule has 1 fully saturated rings. The number of halogens is 1. The van der Waals surface area contributed by atoms with E-state index in [1.165, 1.54) is 0 Å². The van der Waals surface area contributed by atoms with E-state index in [4.69, 9.17) is 0 Å². The van der Waals surface area contributed by atoms with Gasteiger partial charge in [-0.3, -0.25) is 9.59 Å². The summed E-state index contributed by atoms with van der Waals surface area (Å²) in [4.78, 5) is 26.4. The lowest BCUT2D eigenvalue weighted by atomic mass is 10.3. The number of hydrogen-bond donors (Lipinski definition) is 1. The Hall–Kier alpha value is -3.07. The Balaban J connectivity index is 1.85. The molecule has 28 heavy (non-hydrogen) atoms. The maximum atomic E-state index is 12.8. The average molecular weight is 453 g/mol. The Labute approximate surface area is 174 Å². The van der Waals surface area contributed by atoms with Gasteiger partial charge in [0, 0.05) is 16.6 Å². The van der Waals surface area contributed by atoms with Crippen molar-refractivity contribution < 1.29 is 9.59 Å². The van der Waals surface area contributed by atoms with E-state index in [9.17, 15) is 20.1 Å². The second kappa shape index (κ2) is 8.75. The van der Waals surface area contributed by atoms with Crippen LogP contribution in [-0.4, -0.2) is 17.1 Å². The van der Waals surface area contributed by atoms with Crippen molar-refractivity contribution in [1.82, 2.24) is 0 Å². The summed E-state index contributed by atoms with van der Waals surface area (Å²) in [6, 6.07) is 19.6. The van der Waals surface area contributed by atoms with Gasteiger partial charge in [-0.25, -0.2) is 4.90 Å². The van der Waals surface area contributed by atoms with Gasteiger partial charge < -0.3 is 5.32 Å². The van der Waals surface area contributed by atoms with Crippen LogP contribution in [0.1, 0.15) is 6.42 Å². The molecule has 138 valence electrons. The molecule has 1 atom stereocenters. The molecule has 0 radical (unpaired) electrons. The minimum Gasteiger partial charge on any atom is -0.349 e. The first-order chi connectivity index (χ1) is 13.5. The monoisotopic (exact) mass is 452 g/mol. The van der Waals surface area contributed by atoms with Crippen LogP contribution in [0, 0.1) is 22.7 Å². The van der Waals surface area contributed by atoms with E-state index in [2.05, 4.69) is 21.2 Å². The van der Waals surface area contributed by atoms with E-state index in [0.29, 0.717) is 11.4 Å². The zero-order valence-corrected chi connectivity index (χ0v) is 16.8. The Morgan fingerprint density at radius 2 is 1.71 bits per heavy atom. The van der Waals surface area contributed by atoms with E-state index in [-0.39, 0.29) is 28.8 Å². The predicted octanol–water partition coefficient (Wildman–Crippen LogP) is 4.19. The summed E-state index contributed by atoms with van der Waals surface area (Å²) < 4.78 is 0.839. The highest BCUT2D eigenvalue weighted by Gasteiger charge is 2.40. The summed E-state index contributed by atoms with van der Waals surface area (Å²) in [7, 11) is 0. The van der Waals surface area contributed by atoms with Gasteiger partial charge in [0.2, 0.25) is 11.8 Å². The zero-order valence-electron chi connectivity index (χ0n) is 14.4. The molecule has 6 nitrogen and oxygen atoms in total. The number of carbonyl (C=O) groups is 2. The summed E-state index contributed by atoms with van der Waals surface area (Å²) in [6.07, 6.45) is -0.0102. The number of para-hydroxylation sites is 1. The van der Waals surface area contributed by atoms with E-state index in [1.807, 2.05) is 30.3 Å².